The van der Waals surface area contributed by atoms with E-state index < -0.39 is 52.1 Å². The Morgan fingerprint density at radius 2 is 1.63 bits per heavy atom. The molecule has 1 aliphatic carbocycles. The zero-order chi connectivity index (χ0) is 33.6. The van der Waals surface area contributed by atoms with Crippen molar-refractivity contribution in [2.45, 2.75) is 36.9 Å². The first kappa shape index (κ1) is 34.6. The summed E-state index contributed by atoms with van der Waals surface area (Å²) in [5.41, 5.74) is 7.89. The van der Waals surface area contributed by atoms with Crippen LogP contribution in [0.3, 0.4) is 0 Å². The summed E-state index contributed by atoms with van der Waals surface area (Å²) in [5.74, 6) is -2.06. The second-order valence-corrected chi connectivity index (χ2v) is 12.8. The topological polar surface area (TPSA) is 104 Å². The second kappa shape index (κ2) is 14.9. The highest BCUT2D eigenvalue weighted by Crippen LogP contribution is 2.43. The number of rotatable bonds is 10. The van der Waals surface area contributed by atoms with Gasteiger partial charge in [-0.15, -0.1) is 0 Å². The van der Waals surface area contributed by atoms with Crippen molar-refractivity contribution in [1.29, 1.82) is 0 Å². The van der Waals surface area contributed by atoms with Crippen LogP contribution in [0, 0.1) is 5.82 Å². The summed E-state index contributed by atoms with van der Waals surface area (Å²) in [4.78, 5) is 39.4. The minimum atomic E-state index is -4.56. The molecule has 0 radical (unpaired) electrons. The first-order chi connectivity index (χ1) is 21.8. The normalized spacial score (nSPS) is 14.9. The number of hydrazine groups is 1. The number of thioether (sulfide) groups is 1. The van der Waals surface area contributed by atoms with Crippen molar-refractivity contribution in [1.82, 2.24) is 16.2 Å². The molecule has 3 N–H and O–H groups in total. The number of halogens is 4. The van der Waals surface area contributed by atoms with E-state index >= 15 is 0 Å². The molecule has 0 bridgehead atoms. The Hall–Kier alpha value is -4.23. The third-order valence-corrected chi connectivity index (χ3v) is 8.93. The lowest BCUT2D eigenvalue weighted by Crippen LogP contribution is -2.52. The van der Waals surface area contributed by atoms with Crippen LogP contribution in [0.5, 0.6) is 0 Å². The molecule has 0 spiro atoms. The number of hydrogen-bond acceptors (Lipinski definition) is 5. The van der Waals surface area contributed by atoms with E-state index in [1.54, 1.807) is 30.7 Å². The molecule has 0 saturated carbocycles. The molecule has 46 heavy (non-hydrogen) atoms. The minimum Gasteiger partial charge on any atom is -0.340 e. The van der Waals surface area contributed by atoms with Crippen molar-refractivity contribution in [3.8, 4) is 0 Å². The molecule has 0 fully saturated rings. The molecule has 3 aromatic rings. The van der Waals surface area contributed by atoms with Crippen molar-refractivity contribution in [2.24, 2.45) is 0 Å². The standard InChI is InChI=1S/C33H31F4N3O4S2/c1-19-26(16-20-4-11-24(12-5-20)46(3)44)25-13-10-23(34)17-28(25)27(19)18-30(41)39-40-32(43)29(14-15-45-2)38-31(42)21-6-8-22(9-7-21)33(35,36)37/h4-13,16-17,29H,14-15,18H2,1-3H3,(H,38,42)(H,39,41)(H,40,43). The summed E-state index contributed by atoms with van der Waals surface area (Å²) in [6.45, 7) is 1.82. The first-order valence-corrected chi connectivity index (χ1v) is 16.9. The smallest absolute Gasteiger partial charge is 0.340 e. The summed E-state index contributed by atoms with van der Waals surface area (Å²) >= 11 is 1.42. The maximum Gasteiger partial charge on any atom is 0.416 e. The Morgan fingerprint density at radius 3 is 2.24 bits per heavy atom. The van der Waals surface area contributed by atoms with Gasteiger partial charge < -0.3 is 5.32 Å². The van der Waals surface area contributed by atoms with Gasteiger partial charge in [-0.1, -0.05) is 18.2 Å². The van der Waals surface area contributed by atoms with E-state index in [9.17, 15) is 36.2 Å². The Labute approximate surface area is 270 Å². The maximum absolute atomic E-state index is 14.3. The Kier molecular flexibility index (Phi) is 11.2. The van der Waals surface area contributed by atoms with Gasteiger partial charge in [0.2, 0.25) is 5.91 Å². The van der Waals surface area contributed by atoms with E-state index in [2.05, 4.69) is 16.2 Å². The summed E-state index contributed by atoms with van der Waals surface area (Å²) in [7, 11) is -1.13. The number of benzene rings is 3. The highest BCUT2D eigenvalue weighted by molar-refractivity contribution is 7.98. The molecule has 0 aliphatic heterocycles. The molecule has 3 amide bonds. The van der Waals surface area contributed by atoms with Gasteiger partial charge in [-0.05, 0) is 113 Å². The van der Waals surface area contributed by atoms with Gasteiger partial charge in [-0.25, -0.2) is 4.39 Å². The van der Waals surface area contributed by atoms with Crippen molar-refractivity contribution < 1.29 is 36.2 Å². The zero-order valence-electron chi connectivity index (χ0n) is 25.1. The maximum atomic E-state index is 14.3. The number of fused-ring (bicyclic) bond motifs is 1. The van der Waals surface area contributed by atoms with Gasteiger partial charge >= 0.3 is 6.18 Å². The van der Waals surface area contributed by atoms with Gasteiger partial charge in [0.25, 0.3) is 11.8 Å². The fourth-order valence-electron chi connectivity index (χ4n) is 4.88. The van der Waals surface area contributed by atoms with Crippen molar-refractivity contribution in [3.05, 3.63) is 106 Å². The van der Waals surface area contributed by atoms with Gasteiger partial charge in [0.05, 0.1) is 12.0 Å². The molecule has 7 nitrogen and oxygen atoms in total. The number of carbonyl (C=O) groups excluding carboxylic acids is 3. The average Bonchev–Trinajstić information content (AvgIpc) is 3.26. The summed E-state index contributed by atoms with van der Waals surface area (Å²) < 4.78 is 64.7. The number of carbonyl (C=O) groups is 3. The van der Waals surface area contributed by atoms with Gasteiger partial charge in [0, 0.05) is 27.5 Å². The van der Waals surface area contributed by atoms with Crippen LogP contribution in [0.1, 0.15) is 52.4 Å². The van der Waals surface area contributed by atoms with Crippen LogP contribution in [-0.2, 0) is 26.6 Å². The molecule has 1 aliphatic rings. The largest absolute Gasteiger partial charge is 0.416 e. The third-order valence-electron chi connectivity index (χ3n) is 7.35. The molecule has 0 aromatic heterocycles. The van der Waals surface area contributed by atoms with E-state index in [0.717, 1.165) is 46.5 Å². The molecular formula is C33H31F4N3O4S2. The van der Waals surface area contributed by atoms with Crippen LogP contribution < -0.4 is 16.2 Å². The van der Waals surface area contributed by atoms with Crippen LogP contribution >= 0.6 is 11.8 Å². The van der Waals surface area contributed by atoms with Gasteiger partial charge in [0.1, 0.15) is 11.9 Å². The Balaban J connectivity index is 1.46. The Morgan fingerprint density at radius 1 is 0.957 bits per heavy atom. The van der Waals surface area contributed by atoms with Crippen molar-refractivity contribution in [2.75, 3.05) is 18.3 Å². The van der Waals surface area contributed by atoms with E-state index in [1.807, 2.05) is 25.1 Å². The molecule has 242 valence electrons. The van der Waals surface area contributed by atoms with Crippen LogP contribution in [0.25, 0.3) is 17.2 Å². The molecular weight excluding hydrogens is 643 g/mol. The first-order valence-electron chi connectivity index (χ1n) is 14.0. The van der Waals surface area contributed by atoms with Gasteiger partial charge in [-0.3, -0.25) is 29.4 Å². The summed E-state index contributed by atoms with van der Waals surface area (Å²) in [6.07, 6.45) is 0.732. The minimum absolute atomic E-state index is 0.0614. The lowest BCUT2D eigenvalue weighted by molar-refractivity contribution is -0.137. The van der Waals surface area contributed by atoms with E-state index in [0.29, 0.717) is 21.8 Å². The number of nitrogens with one attached hydrogen (secondary N) is 3. The number of hydrogen-bond donors (Lipinski definition) is 3. The Bertz CT molecular complexity index is 1720. The van der Waals surface area contributed by atoms with Crippen molar-refractivity contribution >= 4 is 57.5 Å². The van der Waals surface area contributed by atoms with Gasteiger partial charge in [0.15, 0.2) is 0 Å². The fraction of sp³-hybridized carbons (Fsp3) is 0.242. The lowest BCUT2D eigenvalue weighted by atomic mass is 10.0. The lowest BCUT2D eigenvalue weighted by Gasteiger charge is -2.19. The third kappa shape index (κ3) is 8.52. The van der Waals surface area contributed by atoms with Crippen molar-refractivity contribution in [3.63, 3.8) is 0 Å². The summed E-state index contributed by atoms with van der Waals surface area (Å²) in [6, 6.07) is 14.0. The van der Waals surface area contributed by atoms with Crippen LogP contribution in [-0.4, -0.2) is 46.2 Å². The van der Waals surface area contributed by atoms with E-state index in [-0.39, 0.29) is 18.4 Å². The molecule has 2 atom stereocenters. The number of allylic oxidation sites excluding steroid dienone is 2. The van der Waals surface area contributed by atoms with Crippen LogP contribution in [0.2, 0.25) is 0 Å². The summed E-state index contributed by atoms with van der Waals surface area (Å²) in [5, 5.41) is 2.52. The number of amides is 3. The van der Waals surface area contributed by atoms with Crippen LogP contribution in [0.4, 0.5) is 17.6 Å². The van der Waals surface area contributed by atoms with Crippen LogP contribution in [0.15, 0.2) is 77.2 Å². The van der Waals surface area contributed by atoms with Gasteiger partial charge in [-0.2, -0.15) is 24.9 Å². The molecule has 4 rings (SSSR count). The molecule has 0 heterocycles. The monoisotopic (exact) mass is 673 g/mol. The zero-order valence-corrected chi connectivity index (χ0v) is 26.7. The highest BCUT2D eigenvalue weighted by atomic mass is 32.2. The van der Waals surface area contributed by atoms with E-state index in [1.165, 1.54) is 23.9 Å². The fourth-order valence-corrected chi connectivity index (χ4v) is 5.87. The van der Waals surface area contributed by atoms with E-state index in [4.69, 9.17) is 0 Å². The molecule has 13 heteroatoms. The molecule has 2 unspecified atom stereocenters. The average molecular weight is 674 g/mol. The number of alkyl halides is 3. The molecule has 0 saturated heterocycles. The predicted octanol–water partition coefficient (Wildman–Crippen LogP) is 6.00. The highest BCUT2D eigenvalue weighted by Gasteiger charge is 2.31. The molecule has 3 aromatic carbocycles. The second-order valence-electron chi connectivity index (χ2n) is 10.5. The predicted molar refractivity (Wildman–Crippen MR) is 172 cm³/mol. The SMILES string of the molecule is CSCCC(NC(=O)c1ccc(C(F)(F)F)cc1)C(=O)NNC(=O)CC1=C(C)C(=Cc2ccc(S(C)=O)cc2)c2ccc(F)cc21. The quantitative estimate of drug-likeness (QED) is 0.181.